The number of benzene rings is 1. The highest BCUT2D eigenvalue weighted by atomic mass is 16.3. The van der Waals surface area contributed by atoms with Gasteiger partial charge < -0.3 is 10.4 Å². The van der Waals surface area contributed by atoms with Gasteiger partial charge in [-0.05, 0) is 30.9 Å². The second-order valence-electron chi connectivity index (χ2n) is 4.31. The Labute approximate surface area is 98.7 Å². The molecule has 0 amide bonds. The summed E-state index contributed by atoms with van der Waals surface area (Å²) in [7, 11) is 0. The van der Waals surface area contributed by atoms with Gasteiger partial charge in [0.1, 0.15) is 0 Å². The van der Waals surface area contributed by atoms with Crippen LogP contribution in [0.15, 0.2) is 24.3 Å². The van der Waals surface area contributed by atoms with Crippen LogP contribution in [0.5, 0.6) is 0 Å². The predicted octanol–water partition coefficient (Wildman–Crippen LogP) is 2.67. The van der Waals surface area contributed by atoms with E-state index in [1.165, 1.54) is 11.1 Å². The van der Waals surface area contributed by atoms with Gasteiger partial charge in [-0.15, -0.1) is 0 Å². The molecule has 2 atom stereocenters. The van der Waals surface area contributed by atoms with Gasteiger partial charge in [0, 0.05) is 12.1 Å². The topological polar surface area (TPSA) is 32.3 Å². The van der Waals surface area contributed by atoms with E-state index >= 15 is 0 Å². The maximum atomic E-state index is 9.05. The number of hydrogen-bond acceptors (Lipinski definition) is 2. The van der Waals surface area contributed by atoms with Gasteiger partial charge in [-0.2, -0.15) is 0 Å². The predicted molar refractivity (Wildman–Crippen MR) is 68.5 cm³/mol. The van der Waals surface area contributed by atoms with Crippen molar-refractivity contribution in [3.8, 4) is 0 Å². The fourth-order valence-electron chi connectivity index (χ4n) is 1.83. The van der Waals surface area contributed by atoms with Crippen molar-refractivity contribution in [2.45, 2.75) is 45.7 Å². The van der Waals surface area contributed by atoms with Crippen LogP contribution < -0.4 is 5.32 Å². The Hall–Kier alpha value is -0.860. The van der Waals surface area contributed by atoms with E-state index < -0.39 is 0 Å². The number of rotatable bonds is 6. The van der Waals surface area contributed by atoms with E-state index in [9.17, 15) is 0 Å². The summed E-state index contributed by atoms with van der Waals surface area (Å²) in [4.78, 5) is 0. The zero-order chi connectivity index (χ0) is 12.0. The number of hydrogen-bond donors (Lipinski definition) is 2. The zero-order valence-electron chi connectivity index (χ0n) is 10.5. The van der Waals surface area contributed by atoms with Crippen LogP contribution in [0.1, 0.15) is 44.4 Å². The molecule has 2 heteroatoms. The highest BCUT2D eigenvalue weighted by molar-refractivity contribution is 5.25. The molecule has 1 unspecified atom stereocenters. The Morgan fingerprint density at radius 2 is 1.81 bits per heavy atom. The second-order valence-corrected chi connectivity index (χ2v) is 4.31. The third-order valence-corrected chi connectivity index (χ3v) is 2.96. The molecule has 0 spiro atoms. The first-order chi connectivity index (χ1) is 7.71. The van der Waals surface area contributed by atoms with Crippen LogP contribution >= 0.6 is 0 Å². The SMILES string of the molecule is CCc1ccc(C(CC)N[C@H](C)CO)cc1. The highest BCUT2D eigenvalue weighted by Crippen LogP contribution is 2.18. The van der Waals surface area contributed by atoms with Gasteiger partial charge in [-0.1, -0.05) is 38.1 Å². The van der Waals surface area contributed by atoms with Gasteiger partial charge in [0.2, 0.25) is 0 Å². The maximum Gasteiger partial charge on any atom is 0.0582 e. The van der Waals surface area contributed by atoms with E-state index in [-0.39, 0.29) is 12.6 Å². The Morgan fingerprint density at radius 3 is 2.25 bits per heavy atom. The lowest BCUT2D eigenvalue weighted by molar-refractivity contribution is 0.239. The van der Waals surface area contributed by atoms with Gasteiger partial charge in [-0.3, -0.25) is 0 Å². The molecule has 2 nitrogen and oxygen atoms in total. The molecule has 0 heterocycles. The third kappa shape index (κ3) is 3.62. The second kappa shape index (κ2) is 6.66. The van der Waals surface area contributed by atoms with Crippen molar-refractivity contribution in [3.63, 3.8) is 0 Å². The monoisotopic (exact) mass is 221 g/mol. The van der Waals surface area contributed by atoms with Crippen molar-refractivity contribution >= 4 is 0 Å². The normalized spacial score (nSPS) is 14.8. The Balaban J connectivity index is 2.70. The molecule has 0 aliphatic heterocycles. The molecule has 0 radical (unpaired) electrons. The molecule has 0 saturated carbocycles. The molecule has 90 valence electrons. The van der Waals surface area contributed by atoms with Crippen LogP contribution in [0.3, 0.4) is 0 Å². The first kappa shape index (κ1) is 13.2. The van der Waals surface area contributed by atoms with Crippen molar-refractivity contribution in [2.24, 2.45) is 0 Å². The van der Waals surface area contributed by atoms with E-state index in [1.54, 1.807) is 0 Å². The lowest BCUT2D eigenvalue weighted by atomic mass is 10.0. The molecule has 0 aliphatic carbocycles. The third-order valence-electron chi connectivity index (χ3n) is 2.96. The molecule has 0 saturated heterocycles. The fourth-order valence-corrected chi connectivity index (χ4v) is 1.83. The first-order valence-corrected chi connectivity index (χ1v) is 6.17. The standard InChI is InChI=1S/C14H23NO/c1-4-12-6-8-13(9-7-12)14(5-2)15-11(3)10-16/h6-9,11,14-16H,4-5,10H2,1-3H3/t11-,14?/m1/s1. The van der Waals surface area contributed by atoms with Crippen molar-refractivity contribution in [2.75, 3.05) is 6.61 Å². The Morgan fingerprint density at radius 1 is 1.19 bits per heavy atom. The molecular weight excluding hydrogens is 198 g/mol. The number of aryl methyl sites for hydroxylation is 1. The first-order valence-electron chi connectivity index (χ1n) is 6.17. The minimum absolute atomic E-state index is 0.149. The summed E-state index contributed by atoms with van der Waals surface area (Å²) < 4.78 is 0. The highest BCUT2D eigenvalue weighted by Gasteiger charge is 2.11. The van der Waals surface area contributed by atoms with Crippen molar-refractivity contribution in [1.29, 1.82) is 0 Å². The molecule has 0 aromatic heterocycles. The molecule has 0 aliphatic rings. The van der Waals surface area contributed by atoms with E-state index in [2.05, 4.69) is 43.4 Å². The fraction of sp³-hybridized carbons (Fsp3) is 0.571. The van der Waals surface area contributed by atoms with E-state index in [1.807, 2.05) is 6.92 Å². The zero-order valence-corrected chi connectivity index (χ0v) is 10.5. The van der Waals surface area contributed by atoms with Crippen molar-refractivity contribution in [1.82, 2.24) is 5.32 Å². The summed E-state index contributed by atoms with van der Waals surface area (Å²) in [6.07, 6.45) is 2.12. The molecular formula is C14H23NO. The molecule has 1 aromatic carbocycles. The van der Waals surface area contributed by atoms with E-state index in [4.69, 9.17) is 5.11 Å². The maximum absolute atomic E-state index is 9.05. The lowest BCUT2D eigenvalue weighted by Crippen LogP contribution is -2.32. The lowest BCUT2D eigenvalue weighted by Gasteiger charge is -2.21. The van der Waals surface area contributed by atoms with Crippen LogP contribution in [-0.4, -0.2) is 17.8 Å². The van der Waals surface area contributed by atoms with Crippen molar-refractivity contribution in [3.05, 3.63) is 35.4 Å². The molecule has 16 heavy (non-hydrogen) atoms. The molecule has 1 rings (SSSR count). The summed E-state index contributed by atoms with van der Waals surface area (Å²) in [5.74, 6) is 0. The smallest absolute Gasteiger partial charge is 0.0582 e. The Kier molecular flexibility index (Phi) is 5.50. The summed E-state index contributed by atoms with van der Waals surface area (Å²) >= 11 is 0. The van der Waals surface area contributed by atoms with Gasteiger partial charge in [0.25, 0.3) is 0 Å². The molecule has 2 N–H and O–H groups in total. The van der Waals surface area contributed by atoms with Gasteiger partial charge in [0.05, 0.1) is 6.61 Å². The summed E-state index contributed by atoms with van der Waals surface area (Å²) in [6, 6.07) is 9.23. The largest absolute Gasteiger partial charge is 0.395 e. The van der Waals surface area contributed by atoms with Gasteiger partial charge in [0.15, 0.2) is 0 Å². The Bertz CT molecular complexity index is 294. The average molecular weight is 221 g/mol. The van der Waals surface area contributed by atoms with Crippen molar-refractivity contribution < 1.29 is 5.11 Å². The molecule has 0 fully saturated rings. The van der Waals surface area contributed by atoms with Crippen LogP contribution in [0.25, 0.3) is 0 Å². The van der Waals surface area contributed by atoms with Crippen LogP contribution in [0, 0.1) is 0 Å². The summed E-state index contributed by atoms with van der Waals surface area (Å²) in [6.45, 7) is 6.51. The van der Waals surface area contributed by atoms with E-state index in [0.717, 1.165) is 12.8 Å². The van der Waals surface area contributed by atoms with E-state index in [0.29, 0.717) is 6.04 Å². The van der Waals surface area contributed by atoms with Crippen LogP contribution in [-0.2, 0) is 6.42 Å². The molecule has 0 bridgehead atoms. The minimum Gasteiger partial charge on any atom is -0.395 e. The average Bonchev–Trinajstić information content (AvgIpc) is 2.35. The number of aliphatic hydroxyl groups excluding tert-OH is 1. The molecule has 1 aromatic rings. The number of aliphatic hydroxyl groups is 1. The number of nitrogens with one attached hydrogen (secondary N) is 1. The van der Waals surface area contributed by atoms with Gasteiger partial charge >= 0.3 is 0 Å². The van der Waals surface area contributed by atoms with Crippen LogP contribution in [0.4, 0.5) is 0 Å². The van der Waals surface area contributed by atoms with Gasteiger partial charge in [-0.25, -0.2) is 0 Å². The quantitative estimate of drug-likeness (QED) is 0.774. The van der Waals surface area contributed by atoms with Crippen LogP contribution in [0.2, 0.25) is 0 Å². The summed E-state index contributed by atoms with van der Waals surface area (Å²) in [5, 5.41) is 12.5. The minimum atomic E-state index is 0.149. The summed E-state index contributed by atoms with van der Waals surface area (Å²) in [5.41, 5.74) is 2.67.